The van der Waals surface area contributed by atoms with Gasteiger partial charge in [0.25, 0.3) is 11.8 Å². The van der Waals surface area contributed by atoms with Gasteiger partial charge >= 0.3 is 6.09 Å². The van der Waals surface area contributed by atoms with Crippen molar-refractivity contribution in [3.8, 4) is 23.2 Å². The third-order valence-electron chi connectivity index (χ3n) is 6.76. The number of hydrogen-bond acceptors (Lipinski definition) is 10. The van der Waals surface area contributed by atoms with Gasteiger partial charge in [0.05, 0.1) is 6.20 Å². The molecule has 0 radical (unpaired) electrons. The smallest absolute Gasteiger partial charge is 0.408 e. The van der Waals surface area contributed by atoms with Crippen LogP contribution in [0, 0.1) is 6.92 Å². The van der Waals surface area contributed by atoms with Crippen LogP contribution in [-0.4, -0.2) is 54.7 Å². The molecule has 0 aliphatic carbocycles. The largest absolute Gasteiger partial charge is 0.444 e. The van der Waals surface area contributed by atoms with Crippen LogP contribution >= 0.6 is 0 Å². The number of carbonyl (C=O) groups excluding carboxylic acids is 2. The molecule has 5 aromatic rings. The van der Waals surface area contributed by atoms with Crippen LogP contribution in [0.4, 0.5) is 4.79 Å². The van der Waals surface area contributed by atoms with Crippen molar-refractivity contribution in [1.29, 1.82) is 0 Å². The lowest BCUT2D eigenvalue weighted by atomic mass is 9.92. The molecule has 0 fully saturated rings. The van der Waals surface area contributed by atoms with Crippen molar-refractivity contribution < 1.29 is 23.2 Å². The number of amides is 2. The van der Waals surface area contributed by atoms with E-state index in [1.54, 1.807) is 58.0 Å². The van der Waals surface area contributed by atoms with Crippen molar-refractivity contribution >= 4 is 12.0 Å². The maximum absolute atomic E-state index is 13.6. The highest BCUT2D eigenvalue weighted by atomic mass is 16.6. The first-order valence-corrected chi connectivity index (χ1v) is 14.4. The van der Waals surface area contributed by atoms with Gasteiger partial charge in [0, 0.05) is 37.5 Å². The van der Waals surface area contributed by atoms with Crippen LogP contribution in [0.2, 0.25) is 0 Å². The molecular weight excluding hydrogens is 574 g/mol. The van der Waals surface area contributed by atoms with E-state index in [0.29, 0.717) is 24.2 Å². The van der Waals surface area contributed by atoms with Gasteiger partial charge in [-0.25, -0.2) is 14.8 Å². The van der Waals surface area contributed by atoms with Crippen molar-refractivity contribution in [3.05, 3.63) is 102 Å². The van der Waals surface area contributed by atoms with E-state index in [1.807, 2.05) is 49.4 Å². The molecule has 0 bridgehead atoms. The van der Waals surface area contributed by atoms with Gasteiger partial charge in [0.1, 0.15) is 28.8 Å². The highest BCUT2D eigenvalue weighted by molar-refractivity contribution is 5.95. The number of aryl methyl sites for hydroxylation is 1. The van der Waals surface area contributed by atoms with E-state index in [1.165, 1.54) is 12.5 Å². The van der Waals surface area contributed by atoms with E-state index in [9.17, 15) is 9.59 Å². The van der Waals surface area contributed by atoms with Gasteiger partial charge in [0.15, 0.2) is 0 Å². The first-order valence-electron chi connectivity index (χ1n) is 14.4. The molecular formula is C33H35N7O5. The lowest BCUT2D eigenvalue weighted by Gasteiger charge is -2.29. The molecule has 0 saturated heterocycles. The van der Waals surface area contributed by atoms with Crippen molar-refractivity contribution in [1.82, 2.24) is 35.4 Å². The number of hydrogen-bond donors (Lipinski definition) is 1. The number of ether oxygens (including phenoxy) is 1. The molecule has 12 heteroatoms. The van der Waals surface area contributed by atoms with E-state index in [2.05, 4.69) is 30.5 Å². The zero-order chi connectivity index (χ0) is 32.2. The zero-order valence-electron chi connectivity index (χ0n) is 26.1. The average molecular weight is 610 g/mol. The average Bonchev–Trinajstić information content (AvgIpc) is 3.71. The summed E-state index contributed by atoms with van der Waals surface area (Å²) >= 11 is 0. The summed E-state index contributed by atoms with van der Waals surface area (Å²) in [5.41, 5.74) is 1.71. The molecule has 0 spiro atoms. The molecule has 45 heavy (non-hydrogen) atoms. The predicted octanol–water partition coefficient (Wildman–Crippen LogP) is 5.74. The molecule has 12 nitrogen and oxygen atoms in total. The van der Waals surface area contributed by atoms with Crippen molar-refractivity contribution in [2.24, 2.45) is 0 Å². The molecule has 1 atom stereocenters. The summed E-state index contributed by atoms with van der Waals surface area (Å²) < 4.78 is 17.2. The van der Waals surface area contributed by atoms with Crippen LogP contribution in [0.25, 0.3) is 23.2 Å². The van der Waals surface area contributed by atoms with Gasteiger partial charge < -0.3 is 23.8 Å². The molecule has 4 heterocycles. The molecule has 0 aliphatic heterocycles. The number of nitrogens with zero attached hydrogens (tertiary/aromatic N) is 6. The summed E-state index contributed by atoms with van der Waals surface area (Å²) in [4.78, 5) is 41.3. The van der Waals surface area contributed by atoms with E-state index in [0.717, 1.165) is 16.8 Å². The van der Waals surface area contributed by atoms with Gasteiger partial charge in [-0.05, 0) is 63.9 Å². The predicted molar refractivity (Wildman–Crippen MR) is 165 cm³/mol. The number of benzene rings is 1. The highest BCUT2D eigenvalue weighted by Gasteiger charge is 2.37. The summed E-state index contributed by atoms with van der Waals surface area (Å²) in [5, 5.41) is 11.5. The lowest BCUT2D eigenvalue weighted by molar-refractivity contribution is 0.0443. The fourth-order valence-electron chi connectivity index (χ4n) is 4.64. The van der Waals surface area contributed by atoms with E-state index >= 15 is 0 Å². The second kappa shape index (κ2) is 12.7. The van der Waals surface area contributed by atoms with Gasteiger partial charge in [-0.2, -0.15) is 0 Å². The molecule has 5 rings (SSSR count). The van der Waals surface area contributed by atoms with Crippen LogP contribution in [-0.2, 0) is 23.2 Å². The number of nitrogens with one attached hydrogen (secondary N) is 1. The van der Waals surface area contributed by atoms with Crippen LogP contribution in [0.3, 0.4) is 0 Å². The summed E-state index contributed by atoms with van der Waals surface area (Å²) in [6, 6.07) is 16.6. The molecule has 0 aliphatic rings. The van der Waals surface area contributed by atoms with Crippen molar-refractivity contribution in [2.45, 2.75) is 58.7 Å². The zero-order valence-corrected chi connectivity index (χ0v) is 26.1. The van der Waals surface area contributed by atoms with E-state index in [4.69, 9.17) is 13.6 Å². The van der Waals surface area contributed by atoms with Crippen LogP contribution < -0.4 is 5.32 Å². The molecule has 1 aromatic carbocycles. The minimum absolute atomic E-state index is 0.0446. The number of aromatic nitrogens is 5. The maximum Gasteiger partial charge on any atom is 0.408 e. The molecule has 0 unspecified atom stereocenters. The normalized spacial score (nSPS) is 12.8. The topological polar surface area (TPSA) is 149 Å². The first-order chi connectivity index (χ1) is 21.4. The Kier molecular flexibility index (Phi) is 8.75. The Morgan fingerprint density at radius 2 is 1.67 bits per heavy atom. The number of oxazole rings is 1. The standard InChI is InChI=1S/C33H35N7O5/c1-21-12-13-23(19-35-21)20-40(6)29(41)24-16-25(27-34-14-15-43-27)36-26(17-24)28-38-39-30(44-28)33(5,18-22-10-8-7-9-11-22)37-31(42)45-32(2,3)4/h7-17,19H,18,20H2,1-6H3,(H,37,42)/t33-/m1/s1. The molecule has 1 N–H and O–H groups in total. The SMILES string of the molecule is Cc1ccc(CN(C)C(=O)c2cc(-c3ncco3)nc(-c3nnc([C@@](C)(Cc4ccccc4)NC(=O)OC(C)(C)C)o3)c2)cn1. The van der Waals surface area contributed by atoms with Gasteiger partial charge in [-0.1, -0.05) is 36.4 Å². The Morgan fingerprint density at radius 3 is 2.31 bits per heavy atom. The molecule has 2 amide bonds. The Labute approximate surface area is 260 Å². The summed E-state index contributed by atoms with van der Waals surface area (Å²) in [7, 11) is 1.70. The summed E-state index contributed by atoms with van der Waals surface area (Å²) in [5.74, 6) is 0.124. The Hall–Kier alpha value is -5.39. The fraction of sp³-hybridized carbons (Fsp3) is 0.303. The minimum Gasteiger partial charge on any atom is -0.444 e. The number of alkyl carbamates (subject to hydrolysis) is 1. The number of carbonyl (C=O) groups is 2. The number of rotatable bonds is 9. The third-order valence-corrected chi connectivity index (χ3v) is 6.76. The summed E-state index contributed by atoms with van der Waals surface area (Å²) in [6.45, 7) is 9.38. The minimum atomic E-state index is -1.14. The number of pyridine rings is 2. The second-order valence-corrected chi connectivity index (χ2v) is 12.0. The molecule has 232 valence electrons. The Bertz CT molecular complexity index is 1760. The van der Waals surface area contributed by atoms with Crippen LogP contribution in [0.15, 0.2) is 82.1 Å². The fourth-order valence-corrected chi connectivity index (χ4v) is 4.64. The Morgan fingerprint density at radius 1 is 0.933 bits per heavy atom. The summed E-state index contributed by atoms with van der Waals surface area (Å²) in [6.07, 6.45) is 4.35. The third kappa shape index (κ3) is 7.77. The highest BCUT2D eigenvalue weighted by Crippen LogP contribution is 2.30. The van der Waals surface area contributed by atoms with Crippen molar-refractivity contribution in [2.75, 3.05) is 7.05 Å². The van der Waals surface area contributed by atoms with Crippen LogP contribution in [0.5, 0.6) is 0 Å². The van der Waals surface area contributed by atoms with Gasteiger partial charge in [0.2, 0.25) is 11.8 Å². The first kappa shape index (κ1) is 31.0. The molecule has 4 aromatic heterocycles. The van der Waals surface area contributed by atoms with E-state index in [-0.39, 0.29) is 29.3 Å². The monoisotopic (exact) mass is 609 g/mol. The van der Waals surface area contributed by atoms with Gasteiger partial charge in [-0.3, -0.25) is 9.78 Å². The molecule has 0 saturated carbocycles. The quantitative estimate of drug-likeness (QED) is 0.219. The maximum atomic E-state index is 13.6. The van der Waals surface area contributed by atoms with Crippen molar-refractivity contribution in [3.63, 3.8) is 0 Å². The Balaban J connectivity index is 1.50. The van der Waals surface area contributed by atoms with E-state index < -0.39 is 17.2 Å². The second-order valence-electron chi connectivity index (χ2n) is 12.0. The van der Waals surface area contributed by atoms with Crippen LogP contribution in [0.1, 0.15) is 60.8 Å². The lowest BCUT2D eigenvalue weighted by Crippen LogP contribution is -2.47. The van der Waals surface area contributed by atoms with Gasteiger partial charge in [-0.15, -0.1) is 10.2 Å².